The van der Waals surface area contributed by atoms with E-state index in [0.29, 0.717) is 27.8 Å². The second kappa shape index (κ2) is 6.26. The molecule has 1 aromatic carbocycles. The lowest BCUT2D eigenvalue weighted by Crippen LogP contribution is -2.12. The van der Waals surface area contributed by atoms with E-state index in [4.69, 9.17) is 4.74 Å². The molecule has 1 N–H and O–H groups in total. The number of aryl methyl sites for hydroxylation is 1. The minimum absolute atomic E-state index is 0.134. The Bertz CT molecular complexity index is 926. The lowest BCUT2D eigenvalue weighted by molar-refractivity contribution is 0.123. The van der Waals surface area contributed by atoms with E-state index in [9.17, 15) is 14.8 Å². The quantitative estimate of drug-likeness (QED) is 0.744. The van der Waals surface area contributed by atoms with Crippen LogP contribution in [0.1, 0.15) is 12.6 Å². The van der Waals surface area contributed by atoms with Crippen molar-refractivity contribution in [2.75, 3.05) is 6.61 Å². The first-order valence-corrected chi connectivity index (χ1v) is 7.33. The highest BCUT2D eigenvalue weighted by molar-refractivity contribution is 5.99. The number of hydrogen-bond acceptors (Lipinski definition) is 5. The number of nitriles is 1. The maximum atomic E-state index is 13.1. The third kappa shape index (κ3) is 2.92. The average molecular weight is 326 g/mol. The molecule has 122 valence electrons. The van der Waals surface area contributed by atoms with Crippen LogP contribution in [0.25, 0.3) is 22.0 Å². The number of halogens is 1. The number of aliphatic hydroxyl groups excluding tert-OH is 1. The van der Waals surface area contributed by atoms with Crippen molar-refractivity contribution in [1.82, 2.24) is 14.8 Å². The summed E-state index contributed by atoms with van der Waals surface area (Å²) < 4.78 is 20.3. The van der Waals surface area contributed by atoms with Crippen LogP contribution in [0.3, 0.4) is 0 Å². The number of aromatic nitrogens is 3. The maximum absolute atomic E-state index is 13.1. The summed E-state index contributed by atoms with van der Waals surface area (Å²) in [6.07, 6.45) is 0.786. The highest BCUT2D eigenvalue weighted by Gasteiger charge is 2.17. The first kappa shape index (κ1) is 15.9. The molecule has 0 unspecified atom stereocenters. The Morgan fingerprint density at radius 3 is 2.83 bits per heavy atom. The minimum Gasteiger partial charge on any atom is -0.491 e. The molecule has 6 nitrogen and oxygen atoms in total. The van der Waals surface area contributed by atoms with E-state index in [-0.39, 0.29) is 12.3 Å². The van der Waals surface area contributed by atoms with Crippen molar-refractivity contribution in [2.45, 2.75) is 13.0 Å². The monoisotopic (exact) mass is 326 g/mol. The zero-order valence-electron chi connectivity index (χ0n) is 13.2. The zero-order valence-corrected chi connectivity index (χ0v) is 13.2. The molecule has 3 rings (SSSR count). The van der Waals surface area contributed by atoms with Crippen LogP contribution in [0, 0.1) is 17.3 Å². The van der Waals surface area contributed by atoms with Crippen molar-refractivity contribution >= 4 is 10.9 Å². The van der Waals surface area contributed by atoms with Gasteiger partial charge in [-0.25, -0.2) is 4.98 Å². The Kier molecular flexibility index (Phi) is 4.15. The van der Waals surface area contributed by atoms with Crippen LogP contribution in [0.4, 0.5) is 4.39 Å². The van der Waals surface area contributed by atoms with Gasteiger partial charge < -0.3 is 9.84 Å². The van der Waals surface area contributed by atoms with Gasteiger partial charge in [0.1, 0.15) is 18.4 Å². The molecule has 0 aliphatic rings. The van der Waals surface area contributed by atoms with Gasteiger partial charge in [-0.3, -0.25) is 4.68 Å². The number of aliphatic hydroxyl groups is 1. The van der Waals surface area contributed by atoms with Crippen molar-refractivity contribution in [3.8, 4) is 22.9 Å². The summed E-state index contributed by atoms with van der Waals surface area (Å²) >= 11 is 0. The molecule has 0 bridgehead atoms. The van der Waals surface area contributed by atoms with Crippen LogP contribution in [0.2, 0.25) is 0 Å². The van der Waals surface area contributed by atoms with Gasteiger partial charge in [0.25, 0.3) is 0 Å². The molecule has 0 spiro atoms. The van der Waals surface area contributed by atoms with Crippen molar-refractivity contribution in [3.05, 3.63) is 42.1 Å². The summed E-state index contributed by atoms with van der Waals surface area (Å²) in [6.45, 7) is 1.76. The van der Waals surface area contributed by atoms with E-state index >= 15 is 0 Å². The molecular formula is C17H15FN4O2. The van der Waals surface area contributed by atoms with Gasteiger partial charge in [0.05, 0.1) is 11.6 Å². The minimum atomic E-state index is -0.613. The Morgan fingerprint density at radius 2 is 2.21 bits per heavy atom. The fraction of sp³-hybridized carbons (Fsp3) is 0.235. The molecule has 7 heteroatoms. The molecule has 0 saturated heterocycles. The molecule has 0 radical (unpaired) electrons. The lowest BCUT2D eigenvalue weighted by atomic mass is 10.0. The molecule has 24 heavy (non-hydrogen) atoms. The van der Waals surface area contributed by atoms with E-state index in [0.717, 1.165) is 0 Å². The van der Waals surface area contributed by atoms with Crippen LogP contribution in [0.15, 0.2) is 30.5 Å². The van der Waals surface area contributed by atoms with Crippen LogP contribution in [-0.2, 0) is 7.05 Å². The van der Waals surface area contributed by atoms with Gasteiger partial charge >= 0.3 is 0 Å². The number of ether oxygens (including phenoxy) is 1. The second-order valence-electron chi connectivity index (χ2n) is 5.48. The molecule has 0 amide bonds. The largest absolute Gasteiger partial charge is 0.491 e. The number of nitrogens with zero attached hydrogens (tertiary/aromatic N) is 4. The number of fused-ring (bicyclic) bond motifs is 1. The lowest BCUT2D eigenvalue weighted by Gasteiger charge is -2.11. The van der Waals surface area contributed by atoms with Gasteiger partial charge in [-0.05, 0) is 30.7 Å². The summed E-state index contributed by atoms with van der Waals surface area (Å²) in [6, 6.07) is 8.41. The summed E-state index contributed by atoms with van der Waals surface area (Å²) in [7, 11) is 1.73. The van der Waals surface area contributed by atoms with Gasteiger partial charge in [-0.2, -0.15) is 14.8 Å². The first-order chi connectivity index (χ1) is 11.5. The van der Waals surface area contributed by atoms with Gasteiger partial charge in [0.2, 0.25) is 5.95 Å². The summed E-state index contributed by atoms with van der Waals surface area (Å²) in [4.78, 5) is 3.67. The third-order valence-corrected chi connectivity index (χ3v) is 3.56. The smallest absolute Gasteiger partial charge is 0.212 e. The van der Waals surface area contributed by atoms with Gasteiger partial charge in [0, 0.05) is 30.3 Å². The normalized spacial score (nSPS) is 12.1. The number of hydrogen-bond donors (Lipinski definition) is 1. The van der Waals surface area contributed by atoms with E-state index in [2.05, 4.69) is 16.2 Å². The van der Waals surface area contributed by atoms with Crippen LogP contribution >= 0.6 is 0 Å². The Balaban J connectivity index is 2.23. The van der Waals surface area contributed by atoms with Crippen molar-refractivity contribution in [1.29, 1.82) is 5.26 Å². The highest BCUT2D eigenvalue weighted by Crippen LogP contribution is 2.34. The second-order valence-corrected chi connectivity index (χ2v) is 5.48. The fourth-order valence-corrected chi connectivity index (χ4v) is 2.50. The van der Waals surface area contributed by atoms with Gasteiger partial charge in [0.15, 0.2) is 5.69 Å². The predicted octanol–water partition coefficient (Wildman–Crippen LogP) is 2.41. The molecule has 0 aliphatic heterocycles. The summed E-state index contributed by atoms with van der Waals surface area (Å²) in [5, 5.41) is 23.6. The fourth-order valence-electron chi connectivity index (χ4n) is 2.50. The third-order valence-electron chi connectivity index (χ3n) is 3.56. The zero-order chi connectivity index (χ0) is 17.3. The van der Waals surface area contributed by atoms with E-state index < -0.39 is 12.1 Å². The van der Waals surface area contributed by atoms with E-state index in [1.165, 1.54) is 12.3 Å². The van der Waals surface area contributed by atoms with Crippen molar-refractivity contribution < 1.29 is 14.2 Å². The molecule has 0 saturated carbocycles. The Hall–Kier alpha value is -2.98. The summed E-state index contributed by atoms with van der Waals surface area (Å²) in [5.74, 6) is -0.0570. The van der Waals surface area contributed by atoms with Crippen LogP contribution in [0.5, 0.6) is 5.75 Å². The van der Waals surface area contributed by atoms with E-state index in [1.54, 1.807) is 36.9 Å². The van der Waals surface area contributed by atoms with Gasteiger partial charge in [-0.15, -0.1) is 0 Å². The van der Waals surface area contributed by atoms with Crippen molar-refractivity contribution in [2.24, 2.45) is 7.05 Å². The topological polar surface area (TPSA) is 84.0 Å². The van der Waals surface area contributed by atoms with Crippen LogP contribution < -0.4 is 4.74 Å². The number of rotatable bonds is 4. The molecule has 0 aliphatic carbocycles. The molecule has 1 atom stereocenters. The van der Waals surface area contributed by atoms with Gasteiger partial charge in [-0.1, -0.05) is 0 Å². The van der Waals surface area contributed by atoms with E-state index in [1.807, 2.05) is 0 Å². The summed E-state index contributed by atoms with van der Waals surface area (Å²) in [5.41, 5.74) is 2.29. The molecule has 2 aromatic heterocycles. The first-order valence-electron chi connectivity index (χ1n) is 7.33. The molecule has 0 fully saturated rings. The number of benzene rings is 1. The highest BCUT2D eigenvalue weighted by atomic mass is 19.1. The Labute approximate surface area is 137 Å². The molecule has 3 aromatic rings. The number of pyridine rings is 1. The van der Waals surface area contributed by atoms with Crippen LogP contribution in [-0.4, -0.2) is 32.6 Å². The maximum Gasteiger partial charge on any atom is 0.212 e. The predicted molar refractivity (Wildman–Crippen MR) is 85.8 cm³/mol. The average Bonchev–Trinajstić information content (AvgIpc) is 2.89. The molecule has 2 heterocycles. The standard InChI is InChI=1S/C17H15FN4O2/c1-10(23)9-24-12-5-13(11-3-4-16(18)20-8-11)17-14(7-19)21-22(2)15(17)6-12/h3-6,8,10,23H,9H2,1-2H3/t10-/m1/s1. The Morgan fingerprint density at radius 1 is 1.42 bits per heavy atom. The van der Waals surface area contributed by atoms with Crippen molar-refractivity contribution in [3.63, 3.8) is 0 Å². The molecular weight excluding hydrogens is 311 g/mol. The SMILES string of the molecule is C[C@@H](O)COc1cc(-c2ccc(F)nc2)c2c(C#N)nn(C)c2c1.